The average molecular weight is 441 g/mol. The van der Waals surface area contributed by atoms with E-state index in [4.69, 9.17) is 21.1 Å². The minimum absolute atomic E-state index is 0.0736. The van der Waals surface area contributed by atoms with Gasteiger partial charge in [-0.3, -0.25) is 4.79 Å². The van der Waals surface area contributed by atoms with Gasteiger partial charge < -0.3 is 14.4 Å². The highest BCUT2D eigenvalue weighted by Crippen LogP contribution is 2.31. The van der Waals surface area contributed by atoms with E-state index in [2.05, 4.69) is 0 Å². The molecular weight excluding hydrogens is 423 g/mol. The average Bonchev–Trinajstić information content (AvgIpc) is 2.74. The molecule has 0 N–H and O–H groups in total. The number of hydrogen-bond donors (Lipinski definition) is 0. The molecule has 2 aliphatic rings. The lowest BCUT2D eigenvalue weighted by Gasteiger charge is -2.34. The van der Waals surface area contributed by atoms with E-state index in [1.54, 1.807) is 23.1 Å². The van der Waals surface area contributed by atoms with Crippen molar-refractivity contribution in [2.45, 2.75) is 4.90 Å². The van der Waals surface area contributed by atoms with Crippen LogP contribution in [0.3, 0.4) is 0 Å². The molecule has 1 amide bonds. The van der Waals surface area contributed by atoms with E-state index in [-0.39, 0.29) is 42.0 Å². The van der Waals surface area contributed by atoms with Crippen LogP contribution in [0.1, 0.15) is 10.4 Å². The van der Waals surface area contributed by atoms with Crippen LogP contribution in [-0.4, -0.2) is 62.9 Å². The summed E-state index contributed by atoms with van der Waals surface area (Å²) in [4.78, 5) is 14.3. The first-order valence-corrected chi connectivity index (χ1v) is 10.8. The molecule has 1 fully saturated rings. The lowest BCUT2D eigenvalue weighted by Crippen LogP contribution is -2.50. The van der Waals surface area contributed by atoms with Gasteiger partial charge in [0.05, 0.1) is 9.92 Å². The predicted molar refractivity (Wildman–Crippen MR) is 104 cm³/mol. The van der Waals surface area contributed by atoms with E-state index < -0.39 is 15.8 Å². The Labute approximate surface area is 172 Å². The highest BCUT2D eigenvalue weighted by molar-refractivity contribution is 7.89. The molecule has 0 atom stereocenters. The number of nitrogens with zero attached hydrogens (tertiary/aromatic N) is 2. The Bertz CT molecular complexity index is 1050. The fourth-order valence-corrected chi connectivity index (χ4v) is 4.97. The number of sulfonamides is 1. The van der Waals surface area contributed by atoms with Crippen molar-refractivity contribution in [1.29, 1.82) is 0 Å². The van der Waals surface area contributed by atoms with Crippen molar-refractivity contribution in [2.75, 3.05) is 39.4 Å². The summed E-state index contributed by atoms with van der Waals surface area (Å²) in [7, 11) is -3.82. The minimum Gasteiger partial charge on any atom is -0.486 e. The molecule has 154 valence electrons. The number of carbonyl (C=O) groups excluding carboxylic acids is 1. The van der Waals surface area contributed by atoms with Gasteiger partial charge in [-0.1, -0.05) is 11.6 Å². The van der Waals surface area contributed by atoms with Crippen molar-refractivity contribution in [3.05, 3.63) is 52.8 Å². The SMILES string of the molecule is O=C(c1ccc2c(c1)OCCO2)N1CCN(S(=O)(=O)c2ccc(F)c(Cl)c2)CC1. The van der Waals surface area contributed by atoms with Gasteiger partial charge in [-0.05, 0) is 36.4 Å². The second-order valence-corrected chi connectivity index (χ2v) is 8.98. The van der Waals surface area contributed by atoms with Crippen molar-refractivity contribution in [1.82, 2.24) is 9.21 Å². The van der Waals surface area contributed by atoms with Crippen LogP contribution in [0, 0.1) is 5.82 Å². The Morgan fingerprint density at radius 1 is 0.966 bits per heavy atom. The molecule has 0 saturated carbocycles. The Hall–Kier alpha value is -2.36. The summed E-state index contributed by atoms with van der Waals surface area (Å²) >= 11 is 5.71. The third-order valence-corrected chi connectivity index (χ3v) is 7.03. The molecule has 2 aromatic carbocycles. The Kier molecular flexibility index (Phi) is 5.37. The van der Waals surface area contributed by atoms with Crippen LogP contribution in [0.25, 0.3) is 0 Å². The predicted octanol–water partition coefficient (Wildman–Crippen LogP) is 2.40. The molecule has 0 aromatic heterocycles. The standard InChI is InChI=1S/C19H18ClFN2O5S/c20-15-12-14(2-3-16(15)21)29(25,26)23-7-5-22(6-8-23)19(24)13-1-4-17-18(11-13)28-10-9-27-17/h1-4,11-12H,5-10H2. The number of benzene rings is 2. The van der Waals surface area contributed by atoms with Gasteiger partial charge in [0.2, 0.25) is 10.0 Å². The maximum absolute atomic E-state index is 13.3. The zero-order valence-electron chi connectivity index (χ0n) is 15.3. The highest BCUT2D eigenvalue weighted by Gasteiger charge is 2.31. The maximum Gasteiger partial charge on any atom is 0.254 e. The van der Waals surface area contributed by atoms with Gasteiger partial charge in [0.15, 0.2) is 11.5 Å². The number of amides is 1. The van der Waals surface area contributed by atoms with Gasteiger partial charge in [0.25, 0.3) is 5.91 Å². The summed E-state index contributed by atoms with van der Waals surface area (Å²) in [6.07, 6.45) is 0. The number of ether oxygens (including phenoxy) is 2. The number of rotatable bonds is 3. The van der Waals surface area contributed by atoms with E-state index in [1.165, 1.54) is 10.4 Å². The summed E-state index contributed by atoms with van der Waals surface area (Å²) in [5.74, 6) is 0.238. The van der Waals surface area contributed by atoms with Crippen LogP contribution in [0.5, 0.6) is 11.5 Å². The third-order valence-electron chi connectivity index (χ3n) is 4.84. The van der Waals surface area contributed by atoms with Gasteiger partial charge in [0.1, 0.15) is 19.0 Å². The number of carbonyl (C=O) groups is 1. The molecule has 10 heteroatoms. The van der Waals surface area contributed by atoms with Crippen LogP contribution >= 0.6 is 11.6 Å². The molecule has 29 heavy (non-hydrogen) atoms. The fraction of sp³-hybridized carbons (Fsp3) is 0.316. The number of halogens is 2. The van der Waals surface area contributed by atoms with E-state index in [0.717, 1.165) is 12.1 Å². The van der Waals surface area contributed by atoms with Crippen molar-refractivity contribution in [2.24, 2.45) is 0 Å². The van der Waals surface area contributed by atoms with Gasteiger partial charge in [-0.25, -0.2) is 12.8 Å². The number of hydrogen-bond acceptors (Lipinski definition) is 5. The Morgan fingerprint density at radius 3 is 2.34 bits per heavy atom. The summed E-state index contributed by atoms with van der Waals surface area (Å²) in [5, 5.41) is -0.251. The molecule has 0 aliphatic carbocycles. The fourth-order valence-electron chi connectivity index (χ4n) is 3.28. The smallest absolute Gasteiger partial charge is 0.254 e. The van der Waals surface area contributed by atoms with Crippen LogP contribution in [0.4, 0.5) is 4.39 Å². The zero-order chi connectivity index (χ0) is 20.6. The summed E-state index contributed by atoms with van der Waals surface area (Å²) in [5.41, 5.74) is 0.455. The van der Waals surface area contributed by atoms with Crippen molar-refractivity contribution in [3.8, 4) is 11.5 Å². The molecule has 2 heterocycles. The van der Waals surface area contributed by atoms with Crippen molar-refractivity contribution >= 4 is 27.5 Å². The lowest BCUT2D eigenvalue weighted by molar-refractivity contribution is 0.0697. The van der Waals surface area contributed by atoms with E-state index in [0.29, 0.717) is 30.3 Å². The summed E-state index contributed by atoms with van der Waals surface area (Å²) in [6.45, 7) is 1.63. The second kappa shape index (κ2) is 7.81. The molecule has 0 unspecified atom stereocenters. The second-order valence-electron chi connectivity index (χ2n) is 6.63. The van der Waals surface area contributed by atoms with Crippen LogP contribution < -0.4 is 9.47 Å². The topological polar surface area (TPSA) is 76.2 Å². The molecule has 1 saturated heterocycles. The van der Waals surface area contributed by atoms with Crippen LogP contribution in [0.2, 0.25) is 5.02 Å². The van der Waals surface area contributed by atoms with Gasteiger partial charge in [-0.15, -0.1) is 0 Å². The number of fused-ring (bicyclic) bond motifs is 1. The monoisotopic (exact) mass is 440 g/mol. The first-order chi connectivity index (χ1) is 13.9. The summed E-state index contributed by atoms with van der Waals surface area (Å²) in [6, 6.07) is 8.31. The zero-order valence-corrected chi connectivity index (χ0v) is 16.9. The van der Waals surface area contributed by atoms with Crippen LogP contribution in [-0.2, 0) is 10.0 Å². The quantitative estimate of drug-likeness (QED) is 0.732. The highest BCUT2D eigenvalue weighted by atomic mass is 35.5. The Balaban J connectivity index is 1.45. The first-order valence-electron chi connectivity index (χ1n) is 9.00. The molecular formula is C19H18ClFN2O5S. The minimum atomic E-state index is -3.82. The lowest BCUT2D eigenvalue weighted by atomic mass is 10.1. The van der Waals surface area contributed by atoms with Crippen molar-refractivity contribution < 1.29 is 27.1 Å². The first kappa shape index (κ1) is 19.9. The number of piperazine rings is 1. The van der Waals surface area contributed by atoms with E-state index >= 15 is 0 Å². The summed E-state index contributed by atoms with van der Waals surface area (Å²) < 4.78 is 51.1. The van der Waals surface area contributed by atoms with E-state index in [1.807, 2.05) is 0 Å². The van der Waals surface area contributed by atoms with E-state index in [9.17, 15) is 17.6 Å². The maximum atomic E-state index is 13.3. The largest absolute Gasteiger partial charge is 0.486 e. The van der Waals surface area contributed by atoms with Crippen molar-refractivity contribution in [3.63, 3.8) is 0 Å². The van der Waals surface area contributed by atoms with Gasteiger partial charge >= 0.3 is 0 Å². The molecule has 0 spiro atoms. The molecule has 4 rings (SSSR count). The third kappa shape index (κ3) is 3.90. The molecule has 2 aliphatic heterocycles. The molecule has 0 radical (unpaired) electrons. The van der Waals surface area contributed by atoms with Crippen LogP contribution in [0.15, 0.2) is 41.3 Å². The molecule has 0 bridgehead atoms. The molecule has 7 nitrogen and oxygen atoms in total. The van der Waals surface area contributed by atoms with Gasteiger partial charge in [-0.2, -0.15) is 4.31 Å². The molecule has 2 aromatic rings. The van der Waals surface area contributed by atoms with Gasteiger partial charge in [0, 0.05) is 31.7 Å². The Morgan fingerprint density at radius 2 is 1.66 bits per heavy atom. The normalized spacial score (nSPS) is 17.2.